The van der Waals surface area contributed by atoms with Crippen molar-refractivity contribution in [2.75, 3.05) is 6.61 Å². The molecule has 0 aromatic carbocycles. The van der Waals surface area contributed by atoms with E-state index in [1.807, 2.05) is 0 Å². The summed E-state index contributed by atoms with van der Waals surface area (Å²) in [5, 5.41) is 9.29. The molecule has 2 aliphatic carbocycles. The summed E-state index contributed by atoms with van der Waals surface area (Å²) >= 11 is 0. The van der Waals surface area contributed by atoms with Crippen molar-refractivity contribution in [3.8, 4) is 0 Å². The highest BCUT2D eigenvalue weighted by Gasteiger charge is 2.44. The molecule has 82 valence electrons. The standard InChI is InChI=1S/C13H24O/c1-12(2)5-3-11(4-6-12)9-13(10-14)7-8-13/h11,14H,3-10H2,1-2H3. The van der Waals surface area contributed by atoms with Crippen molar-refractivity contribution in [3.63, 3.8) is 0 Å². The van der Waals surface area contributed by atoms with Crippen molar-refractivity contribution in [3.05, 3.63) is 0 Å². The largest absolute Gasteiger partial charge is 0.396 e. The number of hydrogen-bond acceptors (Lipinski definition) is 1. The van der Waals surface area contributed by atoms with Gasteiger partial charge in [-0.25, -0.2) is 0 Å². The molecule has 1 N–H and O–H groups in total. The molecule has 0 bridgehead atoms. The number of hydrogen-bond donors (Lipinski definition) is 1. The molecule has 1 heteroatoms. The van der Waals surface area contributed by atoms with E-state index in [4.69, 9.17) is 0 Å². The maximum absolute atomic E-state index is 9.29. The van der Waals surface area contributed by atoms with Gasteiger partial charge in [0.05, 0.1) is 0 Å². The van der Waals surface area contributed by atoms with Crippen LogP contribution >= 0.6 is 0 Å². The van der Waals surface area contributed by atoms with Crippen molar-refractivity contribution < 1.29 is 5.11 Å². The quantitative estimate of drug-likeness (QED) is 0.734. The van der Waals surface area contributed by atoms with E-state index in [0.717, 1.165) is 5.92 Å². The van der Waals surface area contributed by atoms with Gasteiger partial charge in [0.2, 0.25) is 0 Å². The molecule has 0 saturated heterocycles. The van der Waals surface area contributed by atoms with Crippen LogP contribution in [-0.4, -0.2) is 11.7 Å². The fraction of sp³-hybridized carbons (Fsp3) is 1.00. The average Bonchev–Trinajstić information content (AvgIpc) is 2.90. The lowest BCUT2D eigenvalue weighted by Gasteiger charge is -2.35. The maximum Gasteiger partial charge on any atom is 0.0487 e. The molecular formula is C13H24O. The lowest BCUT2D eigenvalue weighted by atomic mass is 9.70. The smallest absolute Gasteiger partial charge is 0.0487 e. The van der Waals surface area contributed by atoms with Crippen LogP contribution in [0.3, 0.4) is 0 Å². The van der Waals surface area contributed by atoms with Gasteiger partial charge in [-0.05, 0) is 61.7 Å². The van der Waals surface area contributed by atoms with E-state index in [-0.39, 0.29) is 0 Å². The zero-order chi connectivity index (χ0) is 10.2. The van der Waals surface area contributed by atoms with Crippen LogP contribution in [0.2, 0.25) is 0 Å². The van der Waals surface area contributed by atoms with E-state index in [0.29, 0.717) is 17.4 Å². The number of aliphatic hydroxyl groups is 1. The lowest BCUT2D eigenvalue weighted by Crippen LogP contribution is -2.24. The van der Waals surface area contributed by atoms with E-state index in [9.17, 15) is 5.11 Å². The van der Waals surface area contributed by atoms with Gasteiger partial charge >= 0.3 is 0 Å². The first kappa shape index (κ1) is 10.5. The Morgan fingerprint density at radius 3 is 2.07 bits per heavy atom. The predicted octanol–water partition coefficient (Wildman–Crippen LogP) is 3.37. The van der Waals surface area contributed by atoms with Gasteiger partial charge in [-0.1, -0.05) is 13.8 Å². The van der Waals surface area contributed by atoms with E-state index < -0.39 is 0 Å². The summed E-state index contributed by atoms with van der Waals surface area (Å²) in [5.74, 6) is 0.915. The van der Waals surface area contributed by atoms with Crippen LogP contribution in [0.5, 0.6) is 0 Å². The zero-order valence-electron chi connectivity index (χ0n) is 9.68. The van der Waals surface area contributed by atoms with Gasteiger partial charge < -0.3 is 5.11 Å². The van der Waals surface area contributed by atoms with Crippen LogP contribution in [0.25, 0.3) is 0 Å². The van der Waals surface area contributed by atoms with E-state index in [1.54, 1.807) is 0 Å². The summed E-state index contributed by atoms with van der Waals surface area (Å²) in [6.07, 6.45) is 9.44. The first-order valence-electron chi connectivity index (χ1n) is 6.16. The molecule has 0 radical (unpaired) electrons. The summed E-state index contributed by atoms with van der Waals surface area (Å²) < 4.78 is 0. The first-order valence-corrected chi connectivity index (χ1v) is 6.16. The Hall–Kier alpha value is -0.0400. The average molecular weight is 196 g/mol. The van der Waals surface area contributed by atoms with E-state index in [2.05, 4.69) is 13.8 Å². The molecule has 2 saturated carbocycles. The summed E-state index contributed by atoms with van der Waals surface area (Å²) in [4.78, 5) is 0. The Bertz CT molecular complexity index is 193. The Kier molecular flexibility index (Phi) is 2.63. The third-order valence-electron chi connectivity index (χ3n) is 4.47. The molecule has 2 aliphatic rings. The zero-order valence-corrected chi connectivity index (χ0v) is 9.68. The van der Waals surface area contributed by atoms with Crippen molar-refractivity contribution in [2.45, 2.75) is 58.8 Å². The fourth-order valence-electron chi connectivity index (χ4n) is 2.88. The minimum atomic E-state index is 0.381. The van der Waals surface area contributed by atoms with E-state index >= 15 is 0 Å². The van der Waals surface area contributed by atoms with Gasteiger partial charge in [0.1, 0.15) is 0 Å². The highest BCUT2D eigenvalue weighted by molar-refractivity contribution is 4.95. The summed E-state index contributed by atoms with van der Waals surface area (Å²) in [5.41, 5.74) is 0.971. The van der Waals surface area contributed by atoms with Gasteiger partial charge in [-0.3, -0.25) is 0 Å². The minimum Gasteiger partial charge on any atom is -0.396 e. The van der Waals surface area contributed by atoms with Gasteiger partial charge in [-0.2, -0.15) is 0 Å². The molecule has 2 fully saturated rings. The first-order chi connectivity index (χ1) is 6.55. The second-order valence-corrected chi connectivity index (χ2v) is 6.47. The SMILES string of the molecule is CC1(C)CCC(CC2(CO)CC2)CC1. The van der Waals surface area contributed by atoms with Gasteiger partial charge in [0, 0.05) is 6.61 Å². The molecular weight excluding hydrogens is 172 g/mol. The van der Waals surface area contributed by atoms with Crippen molar-refractivity contribution in [1.29, 1.82) is 0 Å². The molecule has 0 spiro atoms. The van der Waals surface area contributed by atoms with Crippen LogP contribution in [0.4, 0.5) is 0 Å². The molecule has 0 aliphatic heterocycles. The van der Waals surface area contributed by atoms with Gasteiger partial charge in [0.25, 0.3) is 0 Å². The third kappa shape index (κ3) is 2.31. The Morgan fingerprint density at radius 1 is 1.07 bits per heavy atom. The van der Waals surface area contributed by atoms with Crippen molar-refractivity contribution in [1.82, 2.24) is 0 Å². The monoisotopic (exact) mass is 196 g/mol. The molecule has 2 rings (SSSR count). The molecule has 0 aromatic heterocycles. The molecule has 1 nitrogen and oxygen atoms in total. The second kappa shape index (κ2) is 3.52. The fourth-order valence-corrected chi connectivity index (χ4v) is 2.88. The van der Waals surface area contributed by atoms with Crippen LogP contribution < -0.4 is 0 Å². The number of aliphatic hydroxyl groups excluding tert-OH is 1. The summed E-state index contributed by atoms with van der Waals surface area (Å²) in [6, 6.07) is 0. The van der Waals surface area contributed by atoms with Crippen LogP contribution in [-0.2, 0) is 0 Å². The van der Waals surface area contributed by atoms with Crippen LogP contribution in [0, 0.1) is 16.7 Å². The summed E-state index contributed by atoms with van der Waals surface area (Å²) in [7, 11) is 0. The normalized spacial score (nSPS) is 30.2. The third-order valence-corrected chi connectivity index (χ3v) is 4.47. The van der Waals surface area contributed by atoms with Crippen molar-refractivity contribution >= 4 is 0 Å². The number of rotatable bonds is 3. The maximum atomic E-state index is 9.29. The summed E-state index contributed by atoms with van der Waals surface area (Å²) in [6.45, 7) is 5.22. The van der Waals surface area contributed by atoms with Gasteiger partial charge in [-0.15, -0.1) is 0 Å². The second-order valence-electron chi connectivity index (χ2n) is 6.47. The molecule has 0 heterocycles. The predicted molar refractivity (Wildman–Crippen MR) is 59.1 cm³/mol. The van der Waals surface area contributed by atoms with E-state index in [1.165, 1.54) is 44.9 Å². The minimum absolute atomic E-state index is 0.381. The molecule has 14 heavy (non-hydrogen) atoms. The molecule has 0 unspecified atom stereocenters. The lowest BCUT2D eigenvalue weighted by molar-refractivity contribution is 0.134. The highest BCUT2D eigenvalue weighted by atomic mass is 16.3. The Labute approximate surface area is 87.9 Å². The van der Waals surface area contributed by atoms with Crippen molar-refractivity contribution in [2.24, 2.45) is 16.7 Å². The van der Waals surface area contributed by atoms with Crippen LogP contribution in [0.15, 0.2) is 0 Å². The molecule has 0 atom stereocenters. The molecule has 0 amide bonds. The highest BCUT2D eigenvalue weighted by Crippen LogP contribution is 2.53. The molecule has 0 aromatic rings. The topological polar surface area (TPSA) is 20.2 Å². The Balaban J connectivity index is 1.79. The Morgan fingerprint density at radius 2 is 1.64 bits per heavy atom. The van der Waals surface area contributed by atoms with Gasteiger partial charge in [0.15, 0.2) is 0 Å². The van der Waals surface area contributed by atoms with Crippen LogP contribution in [0.1, 0.15) is 58.8 Å².